The van der Waals surface area contributed by atoms with Crippen LogP contribution < -0.4 is 10.6 Å². The Bertz CT molecular complexity index is 1590. The van der Waals surface area contributed by atoms with Crippen LogP contribution in [0.1, 0.15) is 113 Å². The number of carbonyl (C=O) groups excluding carboxylic acids is 10. The fourth-order valence-electron chi connectivity index (χ4n) is 5.34. The van der Waals surface area contributed by atoms with Gasteiger partial charge in [-0.3, -0.25) is 67.5 Å². The predicted molar refractivity (Wildman–Crippen MR) is 221 cm³/mol. The minimum absolute atomic E-state index is 0.124. The van der Waals surface area contributed by atoms with Crippen LogP contribution in [0.25, 0.3) is 0 Å². The fourth-order valence-corrected chi connectivity index (χ4v) is 5.34. The highest BCUT2D eigenvalue weighted by Gasteiger charge is 2.25. The van der Waals surface area contributed by atoms with E-state index in [0.717, 1.165) is 54.7 Å². The Kier molecular flexibility index (Phi) is 22.5. The molecule has 0 spiro atoms. The van der Waals surface area contributed by atoms with Crippen molar-refractivity contribution in [2.45, 2.75) is 113 Å². The Balaban J connectivity index is 0.000000400. The summed E-state index contributed by atoms with van der Waals surface area (Å²) >= 11 is 0. The van der Waals surface area contributed by atoms with Gasteiger partial charge in [0.05, 0.1) is 0 Å². The maximum atomic E-state index is 11.5. The van der Waals surface area contributed by atoms with Crippen LogP contribution in [0.15, 0.2) is 48.6 Å². The topological polar surface area (TPSA) is 208 Å². The van der Waals surface area contributed by atoms with Gasteiger partial charge in [-0.15, -0.1) is 0 Å². The maximum absolute atomic E-state index is 11.5. The third-order valence-corrected chi connectivity index (χ3v) is 8.78. The summed E-state index contributed by atoms with van der Waals surface area (Å²) in [5.74, 6) is -2.35. The molecule has 4 rings (SSSR count). The molecule has 10 amide bonds. The van der Waals surface area contributed by atoms with Gasteiger partial charge in [0.25, 0.3) is 47.3 Å². The molecule has 0 bridgehead atoms. The predicted octanol–water partition coefficient (Wildman–Crippen LogP) is 3.52. The van der Waals surface area contributed by atoms with E-state index in [1.165, 1.54) is 58.4 Å². The summed E-state index contributed by atoms with van der Waals surface area (Å²) in [6, 6.07) is 0. The molecular weight excluding hydrogens is 761 g/mol. The minimum Gasteiger partial charge on any atom is -0.356 e. The van der Waals surface area contributed by atoms with E-state index in [0.29, 0.717) is 31.6 Å². The van der Waals surface area contributed by atoms with Gasteiger partial charge >= 0.3 is 0 Å². The molecule has 0 aromatic rings. The first kappa shape index (κ1) is 51.5. The Labute approximate surface area is 348 Å². The molecule has 0 atom stereocenters. The van der Waals surface area contributed by atoms with Gasteiger partial charge in [0.1, 0.15) is 0 Å². The van der Waals surface area contributed by atoms with E-state index >= 15 is 0 Å². The van der Waals surface area contributed by atoms with E-state index in [-0.39, 0.29) is 90.4 Å². The van der Waals surface area contributed by atoms with Gasteiger partial charge in [-0.1, -0.05) is 68.2 Å². The van der Waals surface area contributed by atoms with Crippen molar-refractivity contribution in [2.75, 3.05) is 39.3 Å². The molecule has 16 nitrogen and oxygen atoms in total. The van der Waals surface area contributed by atoms with Crippen molar-refractivity contribution < 1.29 is 47.9 Å². The van der Waals surface area contributed by atoms with Gasteiger partial charge in [0.2, 0.25) is 11.8 Å². The van der Waals surface area contributed by atoms with Crippen LogP contribution in [0.3, 0.4) is 0 Å². The third-order valence-electron chi connectivity index (χ3n) is 8.78. The summed E-state index contributed by atoms with van der Waals surface area (Å²) in [6.45, 7) is 19.5. The van der Waals surface area contributed by atoms with E-state index in [4.69, 9.17) is 0 Å². The van der Waals surface area contributed by atoms with Crippen LogP contribution in [0.4, 0.5) is 0 Å². The van der Waals surface area contributed by atoms with Gasteiger partial charge in [-0.2, -0.15) is 0 Å². The van der Waals surface area contributed by atoms with Crippen LogP contribution in [-0.2, 0) is 47.9 Å². The van der Waals surface area contributed by atoms with Gasteiger partial charge < -0.3 is 10.6 Å². The summed E-state index contributed by atoms with van der Waals surface area (Å²) in [6.07, 6.45) is 17.2. The molecule has 16 heteroatoms. The molecule has 2 N–H and O–H groups in total. The number of nitrogens with zero attached hydrogens (tertiary/aromatic N) is 4. The van der Waals surface area contributed by atoms with Crippen molar-refractivity contribution in [1.82, 2.24) is 30.2 Å². The first-order valence-corrected chi connectivity index (χ1v) is 20.3. The highest BCUT2D eigenvalue weighted by Crippen LogP contribution is 2.22. The number of hydrogen-bond acceptors (Lipinski definition) is 10. The van der Waals surface area contributed by atoms with Crippen molar-refractivity contribution >= 4 is 59.1 Å². The highest BCUT2D eigenvalue weighted by atomic mass is 16.2. The van der Waals surface area contributed by atoms with Crippen molar-refractivity contribution in [3.63, 3.8) is 0 Å². The lowest BCUT2D eigenvalue weighted by Gasteiger charge is -2.19. The zero-order valence-corrected chi connectivity index (χ0v) is 36.1. The van der Waals surface area contributed by atoms with E-state index in [2.05, 4.69) is 52.2 Å². The maximum Gasteiger partial charge on any atom is 0.253 e. The molecule has 4 aliphatic heterocycles. The van der Waals surface area contributed by atoms with E-state index in [9.17, 15) is 47.9 Å². The highest BCUT2D eigenvalue weighted by molar-refractivity contribution is 6.14. The molecule has 0 unspecified atom stereocenters. The Morgan fingerprint density at radius 2 is 0.746 bits per heavy atom. The zero-order chi connectivity index (χ0) is 44.8. The fraction of sp³-hybridized carbons (Fsp3) is 0.581. The molecule has 0 aromatic heterocycles. The number of rotatable bonds is 17. The minimum atomic E-state index is -0.345. The zero-order valence-electron chi connectivity index (χ0n) is 36.1. The SMILES string of the molecule is CC(C)(C)CCCCN1C(=O)C=CC1=O.CC(C)(C)CCNC(=O)CCN1C(=O)C=CC1=O.CCCCNC(=O)CCN1C(=O)C=CC1=O.CCCN1C(=O)C=CC1=O. The van der Waals surface area contributed by atoms with Crippen LogP contribution in [-0.4, -0.2) is 118 Å². The van der Waals surface area contributed by atoms with Crippen LogP contribution >= 0.6 is 0 Å². The number of unbranched alkanes of at least 4 members (excludes halogenated alkanes) is 2. The number of hydrogen-bond donors (Lipinski definition) is 2. The van der Waals surface area contributed by atoms with Crippen molar-refractivity contribution in [3.8, 4) is 0 Å². The summed E-state index contributed by atoms with van der Waals surface area (Å²) in [7, 11) is 0. The van der Waals surface area contributed by atoms with E-state index in [1.807, 2.05) is 13.8 Å². The smallest absolute Gasteiger partial charge is 0.253 e. The first-order chi connectivity index (χ1) is 27.6. The quantitative estimate of drug-likeness (QED) is 0.161. The Morgan fingerprint density at radius 3 is 1.07 bits per heavy atom. The average Bonchev–Trinajstić information content (AvgIpc) is 3.86. The summed E-state index contributed by atoms with van der Waals surface area (Å²) < 4.78 is 0. The summed E-state index contributed by atoms with van der Waals surface area (Å²) in [4.78, 5) is 116. The molecule has 0 radical (unpaired) electrons. The third kappa shape index (κ3) is 21.2. The Morgan fingerprint density at radius 1 is 0.424 bits per heavy atom. The van der Waals surface area contributed by atoms with Crippen molar-refractivity contribution in [3.05, 3.63) is 48.6 Å². The standard InChI is InChI=1S/C13H20N2O3.C12H19NO2.C11H16N2O3.C7H9NO2/c1-13(2,3)7-8-14-10(16)6-9-15-11(17)4-5-12(15)18;1-12(2,3)8-4-5-9-13-10(14)6-7-11(13)15;1-2-3-7-12-9(14)6-8-13-10(15)4-5-11(13)16;1-2-5-8-6(9)3-4-7(8)10/h4-5H,6-9H2,1-3H3,(H,14,16);6-7H,4-5,8-9H2,1-3H3;4-5H,2-3,6-8H2,1H3,(H,12,14);3-4H,2,5H2,1H3. The van der Waals surface area contributed by atoms with Gasteiger partial charge in [-0.25, -0.2) is 0 Å². The number of nitrogens with one attached hydrogen (secondary N) is 2. The van der Waals surface area contributed by atoms with Crippen LogP contribution in [0.5, 0.6) is 0 Å². The summed E-state index contributed by atoms with van der Waals surface area (Å²) in [5, 5.41) is 5.51. The van der Waals surface area contributed by atoms with Crippen LogP contribution in [0.2, 0.25) is 0 Å². The first-order valence-electron chi connectivity index (χ1n) is 20.3. The normalized spacial score (nSPS) is 15.8. The lowest BCUT2D eigenvalue weighted by molar-refractivity contribution is -0.139. The van der Waals surface area contributed by atoms with Gasteiger partial charge in [-0.05, 0) is 42.9 Å². The largest absolute Gasteiger partial charge is 0.356 e. The lowest BCUT2D eigenvalue weighted by Crippen LogP contribution is -2.35. The van der Waals surface area contributed by atoms with Crippen molar-refractivity contribution in [1.29, 1.82) is 0 Å². The molecular formula is C43H64N6O10. The van der Waals surface area contributed by atoms with Crippen LogP contribution in [0, 0.1) is 10.8 Å². The molecule has 0 saturated carbocycles. The number of imide groups is 4. The molecule has 4 aliphatic rings. The lowest BCUT2D eigenvalue weighted by atomic mass is 9.90. The Hall–Kier alpha value is -5.54. The van der Waals surface area contributed by atoms with Gasteiger partial charge in [0.15, 0.2) is 0 Å². The summed E-state index contributed by atoms with van der Waals surface area (Å²) in [5.41, 5.74) is 0.509. The second kappa shape index (κ2) is 25.7. The molecule has 0 saturated heterocycles. The number of carbonyl (C=O) groups is 10. The monoisotopic (exact) mass is 824 g/mol. The molecule has 0 aliphatic carbocycles. The molecule has 0 aromatic carbocycles. The molecule has 0 fully saturated rings. The van der Waals surface area contributed by atoms with E-state index < -0.39 is 0 Å². The molecule has 326 valence electrons. The second-order valence-corrected chi connectivity index (χ2v) is 16.5. The second-order valence-electron chi connectivity index (χ2n) is 16.5. The average molecular weight is 825 g/mol. The van der Waals surface area contributed by atoms with Crippen molar-refractivity contribution in [2.24, 2.45) is 10.8 Å². The number of amides is 10. The van der Waals surface area contributed by atoms with E-state index in [1.54, 1.807) is 0 Å². The van der Waals surface area contributed by atoms with Gasteiger partial charge in [0, 0.05) is 101 Å². The molecule has 4 heterocycles. The molecule has 59 heavy (non-hydrogen) atoms.